The highest BCUT2D eigenvalue weighted by atomic mass is 16.4. The van der Waals surface area contributed by atoms with Crippen LogP contribution in [0.5, 0.6) is 0 Å². The van der Waals surface area contributed by atoms with Crippen LogP contribution >= 0.6 is 0 Å². The Labute approximate surface area is 102 Å². The Morgan fingerprint density at radius 2 is 1.41 bits per heavy atom. The average molecular weight is 242 g/mol. The van der Waals surface area contributed by atoms with Gasteiger partial charge in [-0.15, -0.1) is 0 Å². The van der Waals surface area contributed by atoms with Crippen molar-refractivity contribution in [2.24, 2.45) is 17.8 Å². The summed E-state index contributed by atoms with van der Waals surface area (Å²) in [7, 11) is 0. The van der Waals surface area contributed by atoms with E-state index in [0.717, 1.165) is 32.1 Å². The number of carboxylic acids is 2. The third kappa shape index (κ3) is 5.20. The molecule has 17 heavy (non-hydrogen) atoms. The van der Waals surface area contributed by atoms with E-state index in [9.17, 15) is 9.59 Å². The molecule has 2 atom stereocenters. The number of hydrogen-bond acceptors (Lipinski definition) is 2. The molecule has 4 heteroatoms. The van der Waals surface area contributed by atoms with Gasteiger partial charge in [0.25, 0.3) is 0 Å². The van der Waals surface area contributed by atoms with Gasteiger partial charge >= 0.3 is 11.9 Å². The maximum atomic E-state index is 10.5. The van der Waals surface area contributed by atoms with Gasteiger partial charge in [0, 0.05) is 0 Å². The van der Waals surface area contributed by atoms with Gasteiger partial charge in [0.15, 0.2) is 0 Å². The topological polar surface area (TPSA) is 74.6 Å². The van der Waals surface area contributed by atoms with Gasteiger partial charge in [0.2, 0.25) is 0 Å². The van der Waals surface area contributed by atoms with Gasteiger partial charge in [0.1, 0.15) is 0 Å². The standard InChI is InChI=1S/C8H14O2.C5H8O2/c9-8(10)7-5-3-1-2-4-6-7;1-3-2-4(3)5(6)7/h7H,1-6H2,(H,9,10);3-4H,2H2,1H3,(H,6,7). The lowest BCUT2D eigenvalue weighted by atomic mass is 10.0. The van der Waals surface area contributed by atoms with Gasteiger partial charge < -0.3 is 10.2 Å². The summed E-state index contributed by atoms with van der Waals surface area (Å²) in [6, 6.07) is 0. The fraction of sp³-hybridized carbons (Fsp3) is 0.846. The molecular formula is C13H22O4. The second kappa shape index (κ2) is 6.62. The SMILES string of the molecule is CC1CC1C(=O)O.O=C(O)C1CCCCCC1. The minimum atomic E-state index is -0.632. The molecule has 0 aromatic carbocycles. The quantitative estimate of drug-likeness (QED) is 0.730. The van der Waals surface area contributed by atoms with E-state index in [1.165, 1.54) is 12.8 Å². The number of hydrogen-bond donors (Lipinski definition) is 2. The first-order valence-corrected chi connectivity index (χ1v) is 6.48. The maximum absolute atomic E-state index is 10.5. The summed E-state index contributed by atoms with van der Waals surface area (Å²) < 4.78 is 0. The predicted molar refractivity (Wildman–Crippen MR) is 63.7 cm³/mol. The third-order valence-corrected chi connectivity index (χ3v) is 3.63. The van der Waals surface area contributed by atoms with Crippen molar-refractivity contribution in [3.05, 3.63) is 0 Å². The van der Waals surface area contributed by atoms with Crippen molar-refractivity contribution in [2.75, 3.05) is 0 Å². The van der Waals surface area contributed by atoms with E-state index in [-0.39, 0.29) is 11.8 Å². The van der Waals surface area contributed by atoms with Crippen LogP contribution in [0, 0.1) is 17.8 Å². The molecule has 0 amide bonds. The van der Waals surface area contributed by atoms with Crippen molar-refractivity contribution in [1.82, 2.24) is 0 Å². The molecule has 0 aliphatic heterocycles. The summed E-state index contributed by atoms with van der Waals surface area (Å²) in [5.41, 5.74) is 0. The Bertz CT molecular complexity index is 267. The molecule has 0 heterocycles. The maximum Gasteiger partial charge on any atom is 0.306 e. The number of carboxylic acid groups (broad SMARTS) is 2. The first kappa shape index (κ1) is 14.0. The van der Waals surface area contributed by atoms with Crippen molar-refractivity contribution < 1.29 is 19.8 Å². The van der Waals surface area contributed by atoms with Crippen LogP contribution in [-0.4, -0.2) is 22.2 Å². The van der Waals surface area contributed by atoms with Crippen LogP contribution in [0.1, 0.15) is 51.9 Å². The van der Waals surface area contributed by atoms with Crippen LogP contribution in [-0.2, 0) is 9.59 Å². The molecular weight excluding hydrogens is 220 g/mol. The highest BCUT2D eigenvalue weighted by Gasteiger charge is 2.38. The van der Waals surface area contributed by atoms with Gasteiger partial charge in [0.05, 0.1) is 11.8 Å². The lowest BCUT2D eigenvalue weighted by Gasteiger charge is -2.05. The van der Waals surface area contributed by atoms with E-state index in [2.05, 4.69) is 0 Å². The zero-order valence-electron chi connectivity index (χ0n) is 10.4. The van der Waals surface area contributed by atoms with E-state index < -0.39 is 11.9 Å². The van der Waals surface area contributed by atoms with Gasteiger partial charge in [-0.05, 0) is 25.2 Å². The second-order valence-corrected chi connectivity index (χ2v) is 5.18. The first-order chi connectivity index (χ1) is 8.02. The summed E-state index contributed by atoms with van der Waals surface area (Å²) in [4.78, 5) is 20.5. The second-order valence-electron chi connectivity index (χ2n) is 5.18. The Balaban J connectivity index is 0.000000181. The Morgan fingerprint density at radius 3 is 1.65 bits per heavy atom. The molecule has 0 bridgehead atoms. The Kier molecular flexibility index (Phi) is 5.45. The fourth-order valence-electron chi connectivity index (χ4n) is 2.19. The van der Waals surface area contributed by atoms with Crippen LogP contribution in [0.25, 0.3) is 0 Å². The summed E-state index contributed by atoms with van der Waals surface area (Å²) in [6.45, 7) is 1.96. The molecule has 0 aromatic heterocycles. The minimum Gasteiger partial charge on any atom is -0.481 e. The molecule has 0 aromatic rings. The number of carbonyl (C=O) groups is 2. The molecule has 2 fully saturated rings. The fourth-order valence-corrected chi connectivity index (χ4v) is 2.19. The third-order valence-electron chi connectivity index (χ3n) is 3.63. The van der Waals surface area contributed by atoms with Crippen LogP contribution in [0.2, 0.25) is 0 Å². The number of aliphatic carboxylic acids is 2. The lowest BCUT2D eigenvalue weighted by molar-refractivity contribution is -0.142. The predicted octanol–water partition coefficient (Wildman–Crippen LogP) is 2.77. The molecule has 2 N–H and O–H groups in total. The molecule has 0 saturated heterocycles. The van der Waals surface area contributed by atoms with Crippen LogP contribution < -0.4 is 0 Å². The smallest absolute Gasteiger partial charge is 0.306 e. The van der Waals surface area contributed by atoms with E-state index in [0.29, 0.717) is 5.92 Å². The molecule has 0 spiro atoms. The minimum absolute atomic E-state index is 0.0139. The van der Waals surface area contributed by atoms with Gasteiger partial charge in [-0.2, -0.15) is 0 Å². The first-order valence-electron chi connectivity index (χ1n) is 6.48. The Hall–Kier alpha value is -1.06. The summed E-state index contributed by atoms with van der Waals surface area (Å²) in [6.07, 6.45) is 7.35. The molecule has 2 aliphatic rings. The zero-order valence-corrected chi connectivity index (χ0v) is 10.4. The van der Waals surface area contributed by atoms with Crippen molar-refractivity contribution in [3.8, 4) is 0 Å². The largest absolute Gasteiger partial charge is 0.481 e. The summed E-state index contributed by atoms with van der Waals surface area (Å²) in [5, 5.41) is 16.9. The van der Waals surface area contributed by atoms with Crippen molar-refractivity contribution in [1.29, 1.82) is 0 Å². The van der Waals surface area contributed by atoms with E-state index >= 15 is 0 Å². The van der Waals surface area contributed by atoms with E-state index in [1.807, 2.05) is 6.92 Å². The molecule has 2 unspecified atom stereocenters. The lowest BCUT2D eigenvalue weighted by Crippen LogP contribution is -2.11. The molecule has 98 valence electrons. The van der Waals surface area contributed by atoms with Gasteiger partial charge in [-0.1, -0.05) is 32.6 Å². The van der Waals surface area contributed by atoms with Crippen LogP contribution in [0.3, 0.4) is 0 Å². The highest BCUT2D eigenvalue weighted by Crippen LogP contribution is 2.37. The van der Waals surface area contributed by atoms with Crippen LogP contribution in [0.15, 0.2) is 0 Å². The molecule has 2 rings (SSSR count). The number of rotatable bonds is 2. The Morgan fingerprint density at radius 1 is 0.941 bits per heavy atom. The van der Waals surface area contributed by atoms with Crippen LogP contribution in [0.4, 0.5) is 0 Å². The molecule has 2 aliphatic carbocycles. The van der Waals surface area contributed by atoms with Crippen molar-refractivity contribution >= 4 is 11.9 Å². The highest BCUT2D eigenvalue weighted by molar-refractivity contribution is 5.73. The normalized spacial score (nSPS) is 28.5. The summed E-state index contributed by atoms with van der Waals surface area (Å²) >= 11 is 0. The molecule has 0 radical (unpaired) electrons. The van der Waals surface area contributed by atoms with Crippen molar-refractivity contribution in [2.45, 2.75) is 51.9 Å². The zero-order chi connectivity index (χ0) is 12.8. The van der Waals surface area contributed by atoms with Gasteiger partial charge in [-0.3, -0.25) is 9.59 Å². The van der Waals surface area contributed by atoms with Gasteiger partial charge in [-0.25, -0.2) is 0 Å². The average Bonchev–Trinajstić information content (AvgIpc) is 3.01. The van der Waals surface area contributed by atoms with E-state index in [4.69, 9.17) is 10.2 Å². The summed E-state index contributed by atoms with van der Waals surface area (Å²) in [5.74, 6) is -0.839. The molecule has 2 saturated carbocycles. The van der Waals surface area contributed by atoms with Crippen molar-refractivity contribution in [3.63, 3.8) is 0 Å². The monoisotopic (exact) mass is 242 g/mol. The molecule has 4 nitrogen and oxygen atoms in total. The van der Waals surface area contributed by atoms with E-state index in [1.54, 1.807) is 0 Å².